The van der Waals surface area contributed by atoms with Gasteiger partial charge >= 0.3 is 0 Å². The third-order valence-corrected chi connectivity index (χ3v) is 5.32. The van der Waals surface area contributed by atoms with Crippen molar-refractivity contribution in [2.75, 3.05) is 10.0 Å². The summed E-state index contributed by atoms with van der Waals surface area (Å²) in [7, 11) is -3.84. The standard InChI is InChI=1S/C19H17ClN4O4S/c1-13(28-16-7-3-14(20)4-8-16)18(25)23-15-5-9-17(10-6-15)29(26,27)24-19-21-11-2-12-22-19/h2-13H,1H3,(H,23,25)(H,21,22,24)/t13-/m1/s1. The van der Waals surface area contributed by atoms with Gasteiger partial charge in [0.15, 0.2) is 6.10 Å². The van der Waals surface area contributed by atoms with Crippen LogP contribution in [-0.2, 0) is 14.8 Å². The van der Waals surface area contributed by atoms with Crippen LogP contribution in [0.25, 0.3) is 0 Å². The van der Waals surface area contributed by atoms with Crippen molar-refractivity contribution in [3.05, 3.63) is 72.0 Å². The van der Waals surface area contributed by atoms with Crippen molar-refractivity contribution in [3.8, 4) is 5.75 Å². The van der Waals surface area contributed by atoms with Crippen molar-refractivity contribution in [3.63, 3.8) is 0 Å². The fourth-order valence-electron chi connectivity index (χ4n) is 2.26. The van der Waals surface area contributed by atoms with E-state index in [4.69, 9.17) is 16.3 Å². The Morgan fingerprint density at radius 3 is 2.28 bits per heavy atom. The molecule has 1 heterocycles. The minimum absolute atomic E-state index is 0.00779. The van der Waals surface area contributed by atoms with Gasteiger partial charge in [0.2, 0.25) is 5.95 Å². The number of nitrogens with zero attached hydrogens (tertiary/aromatic N) is 2. The molecule has 0 fully saturated rings. The highest BCUT2D eigenvalue weighted by Gasteiger charge is 2.17. The Labute approximate surface area is 173 Å². The molecule has 0 aliphatic heterocycles. The molecule has 2 N–H and O–H groups in total. The second kappa shape index (κ2) is 8.89. The summed E-state index contributed by atoms with van der Waals surface area (Å²) < 4.78 is 32.6. The Bertz CT molecular complexity index is 1080. The van der Waals surface area contributed by atoms with Crippen LogP contribution >= 0.6 is 11.6 Å². The Balaban J connectivity index is 1.62. The molecule has 0 saturated carbocycles. The van der Waals surface area contributed by atoms with Crippen LogP contribution < -0.4 is 14.8 Å². The van der Waals surface area contributed by atoms with Crippen molar-refractivity contribution in [1.82, 2.24) is 9.97 Å². The number of halogens is 1. The maximum atomic E-state index is 12.4. The molecule has 2 aromatic carbocycles. The fraction of sp³-hybridized carbons (Fsp3) is 0.105. The van der Waals surface area contributed by atoms with E-state index in [-0.39, 0.29) is 16.8 Å². The molecular weight excluding hydrogens is 416 g/mol. The van der Waals surface area contributed by atoms with Gasteiger partial charge in [-0.1, -0.05) is 11.6 Å². The first-order chi connectivity index (χ1) is 13.8. The molecule has 0 unspecified atom stereocenters. The summed E-state index contributed by atoms with van der Waals surface area (Å²) >= 11 is 5.82. The number of sulfonamides is 1. The van der Waals surface area contributed by atoms with Crippen LogP contribution in [0.4, 0.5) is 11.6 Å². The summed E-state index contributed by atoms with van der Waals surface area (Å²) in [5.74, 6) is 0.0946. The van der Waals surface area contributed by atoms with E-state index >= 15 is 0 Å². The molecule has 0 spiro atoms. The molecule has 0 bridgehead atoms. The highest BCUT2D eigenvalue weighted by Crippen LogP contribution is 2.19. The van der Waals surface area contributed by atoms with Crippen molar-refractivity contribution < 1.29 is 17.9 Å². The van der Waals surface area contributed by atoms with E-state index in [0.717, 1.165) is 0 Å². The number of carbonyl (C=O) groups is 1. The molecular formula is C19H17ClN4O4S. The molecule has 3 aromatic rings. The summed E-state index contributed by atoms with van der Waals surface area (Å²) in [6.07, 6.45) is 2.09. The smallest absolute Gasteiger partial charge is 0.265 e. The number of hydrogen-bond acceptors (Lipinski definition) is 6. The quantitative estimate of drug-likeness (QED) is 0.592. The Morgan fingerprint density at radius 1 is 1.03 bits per heavy atom. The number of aromatic nitrogens is 2. The largest absolute Gasteiger partial charge is 0.481 e. The summed E-state index contributed by atoms with van der Waals surface area (Å²) in [6, 6.07) is 13.9. The average Bonchev–Trinajstić information content (AvgIpc) is 2.70. The van der Waals surface area contributed by atoms with Crippen LogP contribution in [0.2, 0.25) is 5.02 Å². The first-order valence-corrected chi connectivity index (χ1v) is 10.3. The molecule has 3 rings (SSSR count). The van der Waals surface area contributed by atoms with Crippen molar-refractivity contribution >= 4 is 39.2 Å². The maximum Gasteiger partial charge on any atom is 0.265 e. The minimum Gasteiger partial charge on any atom is -0.481 e. The Morgan fingerprint density at radius 2 is 1.66 bits per heavy atom. The van der Waals surface area contributed by atoms with Crippen LogP contribution in [0.1, 0.15) is 6.92 Å². The van der Waals surface area contributed by atoms with E-state index in [2.05, 4.69) is 20.0 Å². The molecule has 1 amide bonds. The summed E-state index contributed by atoms with van der Waals surface area (Å²) in [5, 5.41) is 3.24. The topological polar surface area (TPSA) is 110 Å². The number of nitrogens with one attached hydrogen (secondary N) is 2. The predicted octanol–water partition coefficient (Wildman–Crippen LogP) is 3.34. The van der Waals surface area contributed by atoms with Gasteiger partial charge in [0.1, 0.15) is 5.75 Å². The first kappa shape index (κ1) is 20.6. The number of anilines is 2. The minimum atomic E-state index is -3.84. The van der Waals surface area contributed by atoms with Gasteiger partial charge in [-0.3, -0.25) is 4.79 Å². The first-order valence-electron chi connectivity index (χ1n) is 8.46. The molecule has 1 aromatic heterocycles. The van der Waals surface area contributed by atoms with Crippen LogP contribution in [0.5, 0.6) is 5.75 Å². The van der Waals surface area contributed by atoms with E-state index in [0.29, 0.717) is 16.5 Å². The zero-order valence-corrected chi connectivity index (χ0v) is 16.8. The third kappa shape index (κ3) is 5.66. The number of rotatable bonds is 7. The monoisotopic (exact) mass is 432 g/mol. The van der Waals surface area contributed by atoms with Gasteiger partial charge in [-0.15, -0.1) is 0 Å². The lowest BCUT2D eigenvalue weighted by Gasteiger charge is -2.15. The van der Waals surface area contributed by atoms with Crippen LogP contribution in [-0.4, -0.2) is 30.4 Å². The fourth-order valence-corrected chi connectivity index (χ4v) is 3.35. The molecule has 29 heavy (non-hydrogen) atoms. The number of amides is 1. The molecule has 1 atom stereocenters. The summed E-state index contributed by atoms with van der Waals surface area (Å²) in [4.78, 5) is 20.0. The second-order valence-corrected chi connectivity index (χ2v) is 8.02. The van der Waals surface area contributed by atoms with Crippen LogP contribution in [0, 0.1) is 0 Å². The van der Waals surface area contributed by atoms with Crippen molar-refractivity contribution in [1.29, 1.82) is 0 Å². The number of hydrogen-bond donors (Lipinski definition) is 2. The number of ether oxygens (including phenoxy) is 1. The molecule has 0 aliphatic rings. The zero-order chi connectivity index (χ0) is 20.9. The van der Waals surface area contributed by atoms with Gasteiger partial charge in [-0.2, -0.15) is 0 Å². The van der Waals surface area contributed by atoms with Crippen molar-refractivity contribution in [2.45, 2.75) is 17.9 Å². The van der Waals surface area contributed by atoms with E-state index in [1.807, 2.05) is 0 Å². The molecule has 0 radical (unpaired) electrons. The van der Waals surface area contributed by atoms with Gasteiger partial charge < -0.3 is 10.1 Å². The van der Waals surface area contributed by atoms with Crippen LogP contribution in [0.15, 0.2) is 71.9 Å². The zero-order valence-electron chi connectivity index (χ0n) is 15.2. The number of benzene rings is 2. The van der Waals surface area contributed by atoms with Crippen LogP contribution in [0.3, 0.4) is 0 Å². The lowest BCUT2D eigenvalue weighted by Crippen LogP contribution is -2.30. The van der Waals surface area contributed by atoms with E-state index in [1.54, 1.807) is 37.3 Å². The van der Waals surface area contributed by atoms with E-state index < -0.39 is 16.1 Å². The third-order valence-electron chi connectivity index (χ3n) is 3.72. The summed E-state index contributed by atoms with van der Waals surface area (Å²) in [6.45, 7) is 1.60. The SMILES string of the molecule is C[C@@H](Oc1ccc(Cl)cc1)C(=O)Nc1ccc(S(=O)(=O)Nc2ncccn2)cc1. The summed E-state index contributed by atoms with van der Waals surface area (Å²) in [5.41, 5.74) is 0.427. The lowest BCUT2D eigenvalue weighted by atomic mass is 10.3. The molecule has 150 valence electrons. The predicted molar refractivity (Wildman–Crippen MR) is 109 cm³/mol. The Hall–Kier alpha value is -3.17. The average molecular weight is 433 g/mol. The molecule has 0 saturated heterocycles. The van der Waals surface area contributed by atoms with Crippen molar-refractivity contribution in [2.24, 2.45) is 0 Å². The molecule has 10 heteroatoms. The molecule has 8 nitrogen and oxygen atoms in total. The maximum absolute atomic E-state index is 12.4. The van der Waals surface area contributed by atoms with Gasteiger partial charge in [0, 0.05) is 23.1 Å². The highest BCUT2D eigenvalue weighted by molar-refractivity contribution is 7.92. The molecule has 0 aliphatic carbocycles. The van der Waals surface area contributed by atoms with E-state index in [1.165, 1.54) is 36.7 Å². The van der Waals surface area contributed by atoms with Gasteiger partial charge in [-0.05, 0) is 61.5 Å². The van der Waals surface area contributed by atoms with Gasteiger partial charge in [0.25, 0.3) is 15.9 Å². The van der Waals surface area contributed by atoms with E-state index in [9.17, 15) is 13.2 Å². The number of carbonyl (C=O) groups excluding carboxylic acids is 1. The Kier molecular flexibility index (Phi) is 6.30. The van der Waals surface area contributed by atoms with Gasteiger partial charge in [0.05, 0.1) is 4.90 Å². The van der Waals surface area contributed by atoms with Gasteiger partial charge in [-0.25, -0.2) is 23.1 Å². The normalized spacial score (nSPS) is 12.1. The lowest BCUT2D eigenvalue weighted by molar-refractivity contribution is -0.122. The second-order valence-electron chi connectivity index (χ2n) is 5.91. The highest BCUT2D eigenvalue weighted by atomic mass is 35.5.